The molecule has 0 spiro atoms. The fourth-order valence-electron chi connectivity index (χ4n) is 2.93. The first-order chi connectivity index (χ1) is 12.2. The molecular formula is C18H34N4O3. The van der Waals surface area contributed by atoms with Crippen LogP contribution in [0, 0.1) is 5.92 Å². The zero-order valence-corrected chi connectivity index (χ0v) is 15.8. The van der Waals surface area contributed by atoms with Crippen LogP contribution in [-0.2, 0) is 14.3 Å². The number of guanidine groups is 1. The summed E-state index contributed by atoms with van der Waals surface area (Å²) in [6.07, 6.45) is 4.76. The fraction of sp³-hybridized carbons (Fsp3) is 0.889. The van der Waals surface area contributed by atoms with Gasteiger partial charge in [-0.3, -0.25) is 9.79 Å². The van der Waals surface area contributed by atoms with Gasteiger partial charge in [0.15, 0.2) is 5.96 Å². The van der Waals surface area contributed by atoms with E-state index in [1.165, 1.54) is 0 Å². The van der Waals surface area contributed by atoms with Gasteiger partial charge in [0.2, 0.25) is 5.91 Å². The summed E-state index contributed by atoms with van der Waals surface area (Å²) in [5, 5.41) is 6.39. The maximum absolute atomic E-state index is 11.7. The number of likely N-dealkylation sites (tertiary alicyclic amines) is 1. The van der Waals surface area contributed by atoms with Gasteiger partial charge in [-0.2, -0.15) is 0 Å². The fourth-order valence-corrected chi connectivity index (χ4v) is 2.93. The lowest BCUT2D eigenvalue weighted by Gasteiger charge is -2.21. The van der Waals surface area contributed by atoms with Crippen LogP contribution in [0.1, 0.15) is 39.0 Å². The molecule has 1 amide bonds. The highest BCUT2D eigenvalue weighted by Crippen LogP contribution is 2.19. The minimum absolute atomic E-state index is 0.164. The van der Waals surface area contributed by atoms with Crippen molar-refractivity contribution in [2.24, 2.45) is 10.9 Å². The summed E-state index contributed by atoms with van der Waals surface area (Å²) < 4.78 is 10.7. The van der Waals surface area contributed by atoms with E-state index < -0.39 is 0 Å². The minimum Gasteiger partial charge on any atom is -0.382 e. The number of methoxy groups -OCH3 is 1. The van der Waals surface area contributed by atoms with Gasteiger partial charge in [0.05, 0.1) is 19.8 Å². The Balaban J connectivity index is 1.66. The molecular weight excluding hydrogens is 320 g/mol. The zero-order valence-electron chi connectivity index (χ0n) is 15.8. The molecule has 2 rings (SSSR count). The molecule has 0 aromatic rings. The number of nitrogens with zero attached hydrogens (tertiary/aromatic N) is 2. The van der Waals surface area contributed by atoms with Crippen LogP contribution < -0.4 is 10.6 Å². The van der Waals surface area contributed by atoms with Gasteiger partial charge in [0, 0.05) is 51.7 Å². The van der Waals surface area contributed by atoms with Gasteiger partial charge < -0.3 is 25.0 Å². The number of amides is 1. The third-order valence-electron chi connectivity index (χ3n) is 4.47. The maximum Gasteiger partial charge on any atom is 0.220 e. The van der Waals surface area contributed by atoms with Gasteiger partial charge in [0.25, 0.3) is 0 Å². The predicted molar refractivity (Wildman–Crippen MR) is 98.8 cm³/mol. The summed E-state index contributed by atoms with van der Waals surface area (Å²) in [6, 6.07) is 0.445. The van der Waals surface area contributed by atoms with Gasteiger partial charge >= 0.3 is 0 Å². The Labute approximate surface area is 151 Å². The predicted octanol–water partition coefficient (Wildman–Crippen LogP) is 0.996. The Morgan fingerprint density at radius 1 is 1.28 bits per heavy atom. The van der Waals surface area contributed by atoms with Crippen LogP contribution in [0.5, 0.6) is 0 Å². The van der Waals surface area contributed by atoms with Crippen LogP contribution in [0.25, 0.3) is 0 Å². The first kappa shape index (κ1) is 20.0. The number of rotatable bonds is 11. The van der Waals surface area contributed by atoms with Gasteiger partial charge in [-0.05, 0) is 32.6 Å². The van der Waals surface area contributed by atoms with Crippen molar-refractivity contribution in [2.45, 2.75) is 45.1 Å². The van der Waals surface area contributed by atoms with Crippen molar-refractivity contribution < 1.29 is 14.3 Å². The van der Waals surface area contributed by atoms with Gasteiger partial charge in [-0.25, -0.2) is 0 Å². The van der Waals surface area contributed by atoms with Crippen molar-refractivity contribution in [1.82, 2.24) is 15.5 Å². The molecule has 1 saturated heterocycles. The van der Waals surface area contributed by atoms with E-state index in [-0.39, 0.29) is 5.91 Å². The lowest BCUT2D eigenvalue weighted by atomic mass is 10.1. The third-order valence-corrected chi connectivity index (χ3v) is 4.47. The van der Waals surface area contributed by atoms with Crippen LogP contribution >= 0.6 is 0 Å². The van der Waals surface area contributed by atoms with Crippen LogP contribution in [0.2, 0.25) is 0 Å². The zero-order chi connectivity index (χ0) is 17.9. The molecule has 144 valence electrons. The van der Waals surface area contributed by atoms with E-state index >= 15 is 0 Å². The lowest BCUT2D eigenvalue weighted by molar-refractivity contribution is -0.121. The molecule has 0 bridgehead atoms. The number of hydrogen-bond acceptors (Lipinski definition) is 4. The normalized spacial score (nSPS) is 20.8. The molecule has 1 saturated carbocycles. The van der Waals surface area contributed by atoms with Gasteiger partial charge in [-0.1, -0.05) is 0 Å². The van der Waals surface area contributed by atoms with Crippen molar-refractivity contribution in [1.29, 1.82) is 0 Å². The number of aliphatic imine (C=N–C) groups is 1. The van der Waals surface area contributed by atoms with Crippen molar-refractivity contribution in [3.63, 3.8) is 0 Å². The molecule has 7 heteroatoms. The van der Waals surface area contributed by atoms with E-state index in [4.69, 9.17) is 14.5 Å². The first-order valence-electron chi connectivity index (χ1n) is 9.62. The minimum atomic E-state index is 0.164. The first-order valence-corrected chi connectivity index (χ1v) is 9.62. The largest absolute Gasteiger partial charge is 0.382 e. The monoisotopic (exact) mass is 354 g/mol. The average Bonchev–Trinajstić information content (AvgIpc) is 3.29. The quantitative estimate of drug-likeness (QED) is 0.329. The highest BCUT2D eigenvalue weighted by atomic mass is 16.5. The standard InChI is InChI=1S/C18H34N4O3/c1-3-19-18(20-9-4-5-17(23)21-16-6-7-16)22-10-8-15(13-22)14-25-12-11-24-2/h15-16H,3-14H2,1-2H3,(H,19,20)(H,21,23). The topological polar surface area (TPSA) is 75.2 Å². The van der Waals surface area contributed by atoms with E-state index in [1.54, 1.807) is 7.11 Å². The molecule has 0 radical (unpaired) electrons. The molecule has 1 aliphatic carbocycles. The molecule has 7 nitrogen and oxygen atoms in total. The number of hydrogen-bond donors (Lipinski definition) is 2. The summed E-state index contributed by atoms with van der Waals surface area (Å²) in [5.74, 6) is 1.67. The second kappa shape index (κ2) is 11.3. The Hall–Kier alpha value is -1.34. The maximum atomic E-state index is 11.7. The third kappa shape index (κ3) is 8.05. The SMILES string of the molecule is CCNC(=NCCCC(=O)NC1CC1)N1CCC(COCCOC)C1. The highest BCUT2D eigenvalue weighted by molar-refractivity contribution is 5.80. The van der Waals surface area contributed by atoms with Crippen molar-refractivity contribution >= 4 is 11.9 Å². The summed E-state index contributed by atoms with van der Waals surface area (Å²) in [7, 11) is 1.69. The van der Waals surface area contributed by atoms with Crippen molar-refractivity contribution in [3.05, 3.63) is 0 Å². The molecule has 0 aromatic heterocycles. The highest BCUT2D eigenvalue weighted by Gasteiger charge is 2.25. The van der Waals surface area contributed by atoms with E-state index in [2.05, 4.69) is 22.5 Å². The van der Waals surface area contributed by atoms with Crippen LogP contribution in [0.4, 0.5) is 0 Å². The lowest BCUT2D eigenvalue weighted by Crippen LogP contribution is -2.40. The number of carbonyl (C=O) groups excluding carboxylic acids is 1. The smallest absolute Gasteiger partial charge is 0.220 e. The molecule has 25 heavy (non-hydrogen) atoms. The Bertz CT molecular complexity index is 427. The second-order valence-electron chi connectivity index (χ2n) is 6.85. The summed E-state index contributed by atoms with van der Waals surface area (Å²) >= 11 is 0. The number of carbonyl (C=O) groups is 1. The molecule has 1 aliphatic heterocycles. The summed E-state index contributed by atoms with van der Waals surface area (Å²) in [5.41, 5.74) is 0. The molecule has 1 atom stereocenters. The number of ether oxygens (including phenoxy) is 2. The van der Waals surface area contributed by atoms with Crippen LogP contribution in [-0.4, -0.2) is 75.9 Å². The summed E-state index contributed by atoms with van der Waals surface area (Å²) in [4.78, 5) is 18.7. The average molecular weight is 354 g/mol. The van der Waals surface area contributed by atoms with Crippen LogP contribution in [0.15, 0.2) is 4.99 Å². The Morgan fingerprint density at radius 3 is 2.84 bits per heavy atom. The second-order valence-corrected chi connectivity index (χ2v) is 6.85. The Morgan fingerprint density at radius 2 is 2.12 bits per heavy atom. The molecule has 2 aliphatic rings. The van der Waals surface area contributed by atoms with Gasteiger partial charge in [0.1, 0.15) is 0 Å². The Kier molecular flexibility index (Phi) is 9.04. The van der Waals surface area contributed by atoms with Crippen LogP contribution in [0.3, 0.4) is 0 Å². The van der Waals surface area contributed by atoms with E-state index in [0.29, 0.717) is 38.1 Å². The molecule has 2 N–H and O–H groups in total. The van der Waals surface area contributed by atoms with Gasteiger partial charge in [-0.15, -0.1) is 0 Å². The van der Waals surface area contributed by atoms with Crippen molar-refractivity contribution in [2.75, 3.05) is 53.1 Å². The molecule has 1 unspecified atom stereocenters. The molecule has 0 aromatic carbocycles. The van der Waals surface area contributed by atoms with E-state index in [0.717, 1.165) is 57.9 Å². The van der Waals surface area contributed by atoms with E-state index in [1.807, 2.05) is 0 Å². The number of nitrogens with one attached hydrogen (secondary N) is 2. The molecule has 1 heterocycles. The summed E-state index contributed by atoms with van der Waals surface area (Å²) in [6.45, 7) is 7.69. The van der Waals surface area contributed by atoms with E-state index in [9.17, 15) is 4.79 Å². The van der Waals surface area contributed by atoms with Crippen molar-refractivity contribution in [3.8, 4) is 0 Å². The molecule has 2 fully saturated rings.